The van der Waals surface area contributed by atoms with Crippen molar-refractivity contribution >= 4 is 32.4 Å². The molecule has 1 fully saturated rings. The van der Waals surface area contributed by atoms with E-state index in [2.05, 4.69) is 9.97 Å². The molecule has 0 atom stereocenters. The average molecular weight is 459 g/mol. The summed E-state index contributed by atoms with van der Waals surface area (Å²) in [5, 5.41) is 11.5. The molecule has 0 amide bonds. The van der Waals surface area contributed by atoms with Crippen molar-refractivity contribution in [3.63, 3.8) is 0 Å². The van der Waals surface area contributed by atoms with Gasteiger partial charge in [0.25, 0.3) is 10.0 Å². The van der Waals surface area contributed by atoms with E-state index in [9.17, 15) is 17.9 Å². The number of hydrogen-bond acceptors (Lipinski definition) is 7. The predicted octanol–water partition coefficient (Wildman–Crippen LogP) is 2.98. The van der Waals surface area contributed by atoms with Crippen molar-refractivity contribution in [1.82, 2.24) is 18.8 Å². The summed E-state index contributed by atoms with van der Waals surface area (Å²) in [5.74, 6) is -0.578. The number of β-amino-alcohol motifs (C(OH)–C–C–N with tert-alkyl or cyclic N) is 1. The van der Waals surface area contributed by atoms with Crippen LogP contribution in [0.1, 0.15) is 10.6 Å². The minimum Gasteiger partial charge on any atom is -0.380 e. The Labute approximate surface area is 182 Å². The first kappa shape index (κ1) is 20.3. The van der Waals surface area contributed by atoms with Gasteiger partial charge >= 0.3 is 0 Å². The van der Waals surface area contributed by atoms with Crippen molar-refractivity contribution in [2.45, 2.75) is 17.4 Å². The zero-order valence-electron chi connectivity index (χ0n) is 16.8. The van der Waals surface area contributed by atoms with Crippen LogP contribution in [0.2, 0.25) is 0 Å². The molecule has 1 N–H and O–H groups in total. The molecule has 31 heavy (non-hydrogen) atoms. The fourth-order valence-electron chi connectivity index (χ4n) is 3.89. The Bertz CT molecular complexity index is 1400. The number of benzene rings is 1. The van der Waals surface area contributed by atoms with Gasteiger partial charge in [0.05, 0.1) is 16.0 Å². The Morgan fingerprint density at radius 1 is 1.13 bits per heavy atom. The van der Waals surface area contributed by atoms with E-state index in [1.54, 1.807) is 12.1 Å². The second-order valence-electron chi connectivity index (χ2n) is 7.88. The summed E-state index contributed by atoms with van der Waals surface area (Å²) >= 11 is 1.20. The molecule has 0 saturated carbocycles. The summed E-state index contributed by atoms with van der Waals surface area (Å²) in [6.07, 6.45) is 3.91. The molecule has 5 rings (SSSR count). The van der Waals surface area contributed by atoms with Crippen LogP contribution < -0.4 is 0 Å². The molecule has 0 unspecified atom stereocenters. The molecule has 1 aliphatic heterocycles. The number of halogens is 1. The summed E-state index contributed by atoms with van der Waals surface area (Å²) < 4.78 is 42.2. The fourth-order valence-corrected chi connectivity index (χ4v) is 6.24. The van der Waals surface area contributed by atoms with Crippen molar-refractivity contribution in [3.05, 3.63) is 65.3 Å². The Morgan fingerprint density at radius 2 is 1.84 bits per heavy atom. The number of aliphatic hydroxyl groups is 1. The van der Waals surface area contributed by atoms with Crippen molar-refractivity contribution in [2.75, 3.05) is 20.1 Å². The predicted molar refractivity (Wildman–Crippen MR) is 116 cm³/mol. The van der Waals surface area contributed by atoms with Crippen LogP contribution in [0, 0.1) is 12.7 Å². The number of fused-ring (bicyclic) bond motifs is 1. The number of likely N-dealkylation sites (tertiary alicyclic amines) is 1. The molecule has 0 bridgehead atoms. The number of rotatable bonds is 4. The Balaban J connectivity index is 1.62. The first-order valence-electron chi connectivity index (χ1n) is 9.54. The van der Waals surface area contributed by atoms with E-state index in [0.717, 1.165) is 15.7 Å². The van der Waals surface area contributed by atoms with Crippen molar-refractivity contribution in [2.24, 2.45) is 0 Å². The van der Waals surface area contributed by atoms with Crippen LogP contribution in [0.5, 0.6) is 0 Å². The quantitative estimate of drug-likeness (QED) is 0.506. The topological polar surface area (TPSA) is 88.3 Å². The molecule has 4 heterocycles. The molecule has 7 nitrogen and oxygen atoms in total. The van der Waals surface area contributed by atoms with Crippen molar-refractivity contribution < 1.29 is 17.9 Å². The lowest BCUT2D eigenvalue weighted by Gasteiger charge is -2.42. The molecule has 1 saturated heterocycles. The minimum atomic E-state index is -3.90. The van der Waals surface area contributed by atoms with Gasteiger partial charge in [-0.15, -0.1) is 11.3 Å². The van der Waals surface area contributed by atoms with Gasteiger partial charge in [-0.1, -0.05) is 17.7 Å². The molecule has 10 heteroatoms. The van der Waals surface area contributed by atoms with Crippen LogP contribution in [0.3, 0.4) is 0 Å². The maximum Gasteiger partial charge on any atom is 0.269 e. The second kappa shape index (κ2) is 6.92. The zero-order valence-corrected chi connectivity index (χ0v) is 18.4. The third kappa shape index (κ3) is 3.18. The zero-order chi connectivity index (χ0) is 22.0. The van der Waals surface area contributed by atoms with Gasteiger partial charge in [-0.3, -0.25) is 4.90 Å². The first-order chi connectivity index (χ1) is 14.7. The Kier molecular flexibility index (Phi) is 4.52. The summed E-state index contributed by atoms with van der Waals surface area (Å²) in [4.78, 5) is 11.0. The number of nitrogens with zero attached hydrogens (tertiary/aromatic N) is 4. The summed E-state index contributed by atoms with van der Waals surface area (Å²) in [6.45, 7) is 2.79. The highest BCUT2D eigenvalue weighted by Crippen LogP contribution is 2.40. The van der Waals surface area contributed by atoms with Crippen LogP contribution in [0.4, 0.5) is 4.39 Å². The fraction of sp³-hybridized carbons (Fsp3) is 0.238. The highest BCUT2D eigenvalue weighted by atomic mass is 32.2. The Hall–Kier alpha value is -2.66. The highest BCUT2D eigenvalue weighted by Gasteiger charge is 2.43. The van der Waals surface area contributed by atoms with E-state index in [1.165, 1.54) is 41.9 Å². The van der Waals surface area contributed by atoms with E-state index in [0.29, 0.717) is 28.4 Å². The van der Waals surface area contributed by atoms with Crippen molar-refractivity contribution in [3.8, 4) is 10.4 Å². The molecule has 0 radical (unpaired) electrons. The normalized spacial score (nSPS) is 16.5. The van der Waals surface area contributed by atoms with Crippen LogP contribution in [0.15, 0.2) is 53.8 Å². The van der Waals surface area contributed by atoms with E-state index in [4.69, 9.17) is 0 Å². The number of likely N-dealkylation sites (N-methyl/N-ethyl adjacent to an activating group) is 1. The SMILES string of the molecule is Cc1ccc(S(=O)(=O)n2ccc3c(-c4cnc(C5(O)CN(C)C5)s4)c(F)cnc32)cc1. The highest BCUT2D eigenvalue weighted by molar-refractivity contribution is 7.90. The van der Waals surface area contributed by atoms with Gasteiger partial charge in [-0.2, -0.15) is 0 Å². The monoisotopic (exact) mass is 458 g/mol. The summed E-state index contributed by atoms with van der Waals surface area (Å²) in [5.41, 5.74) is 0.261. The standard InChI is InChI=1S/C21H19FN4O3S2/c1-13-3-5-14(6-4-13)31(28,29)26-8-7-15-18(16(22)9-23-19(15)26)17-10-24-20(30-17)21(27)11-25(2)12-21/h3-10,27H,11-12H2,1-2H3. The lowest BCUT2D eigenvalue weighted by atomic mass is 9.96. The molecule has 0 spiro atoms. The van der Waals surface area contributed by atoms with Gasteiger partial charge in [0.15, 0.2) is 11.5 Å². The van der Waals surface area contributed by atoms with Gasteiger partial charge in [0.1, 0.15) is 10.6 Å². The largest absolute Gasteiger partial charge is 0.380 e. The smallest absolute Gasteiger partial charge is 0.269 e. The molecular weight excluding hydrogens is 439 g/mol. The lowest BCUT2D eigenvalue weighted by Crippen LogP contribution is -2.57. The van der Waals surface area contributed by atoms with E-state index >= 15 is 0 Å². The molecule has 4 aromatic rings. The van der Waals surface area contributed by atoms with E-state index < -0.39 is 21.4 Å². The molecule has 0 aliphatic carbocycles. The number of aromatic nitrogens is 3. The first-order valence-corrected chi connectivity index (χ1v) is 11.8. The third-order valence-electron chi connectivity index (χ3n) is 5.43. The van der Waals surface area contributed by atoms with Crippen LogP contribution in [-0.2, 0) is 15.6 Å². The van der Waals surface area contributed by atoms with Crippen LogP contribution in [-0.4, -0.2) is 52.5 Å². The van der Waals surface area contributed by atoms with Gasteiger partial charge < -0.3 is 5.11 Å². The number of pyridine rings is 1. The average Bonchev–Trinajstić information content (AvgIpc) is 3.35. The van der Waals surface area contributed by atoms with E-state index in [-0.39, 0.29) is 16.1 Å². The van der Waals surface area contributed by atoms with Crippen molar-refractivity contribution in [1.29, 1.82) is 0 Å². The van der Waals surface area contributed by atoms with Gasteiger partial charge in [-0.05, 0) is 32.2 Å². The minimum absolute atomic E-state index is 0.125. The molecule has 1 aromatic carbocycles. The molecular formula is C21H19FN4O3S2. The van der Waals surface area contributed by atoms with Crippen LogP contribution in [0.25, 0.3) is 21.5 Å². The van der Waals surface area contributed by atoms with Crippen LogP contribution >= 0.6 is 11.3 Å². The lowest BCUT2D eigenvalue weighted by molar-refractivity contribution is -0.0919. The maximum atomic E-state index is 14.8. The third-order valence-corrected chi connectivity index (χ3v) is 8.31. The number of aryl methyl sites for hydroxylation is 1. The van der Waals surface area contributed by atoms with E-state index in [1.807, 2.05) is 18.9 Å². The Morgan fingerprint density at radius 3 is 2.52 bits per heavy atom. The summed E-state index contributed by atoms with van der Waals surface area (Å²) in [7, 11) is -2.00. The number of thiazole rings is 1. The molecule has 160 valence electrons. The number of hydrogen-bond donors (Lipinski definition) is 1. The molecule has 1 aliphatic rings. The van der Waals surface area contributed by atoms with Gasteiger partial charge in [0, 0.05) is 36.4 Å². The maximum absolute atomic E-state index is 14.8. The van der Waals surface area contributed by atoms with Gasteiger partial charge in [-0.25, -0.2) is 26.7 Å². The second-order valence-corrected chi connectivity index (χ2v) is 10.7. The summed E-state index contributed by atoms with van der Waals surface area (Å²) in [6, 6.07) is 8.05. The molecule has 3 aromatic heterocycles. The van der Waals surface area contributed by atoms with Gasteiger partial charge in [0.2, 0.25) is 0 Å².